The Morgan fingerprint density at radius 2 is 1.82 bits per heavy atom. The third kappa shape index (κ3) is 4.64. The zero-order chi connectivity index (χ0) is 24.6. The van der Waals surface area contributed by atoms with Crippen LogP contribution < -0.4 is 15.4 Å². The number of fused-ring (bicyclic) bond motifs is 1. The predicted molar refractivity (Wildman–Crippen MR) is 131 cm³/mol. The van der Waals surface area contributed by atoms with Gasteiger partial charge in [-0.2, -0.15) is 0 Å². The summed E-state index contributed by atoms with van der Waals surface area (Å²) in [7, 11) is 0. The van der Waals surface area contributed by atoms with E-state index in [0.29, 0.717) is 43.7 Å². The fourth-order valence-corrected chi connectivity index (χ4v) is 5.36. The number of amides is 3. The van der Waals surface area contributed by atoms with Crippen LogP contribution in [0.3, 0.4) is 0 Å². The lowest BCUT2D eigenvalue weighted by Crippen LogP contribution is -2.51. The van der Waals surface area contributed by atoms with E-state index >= 15 is 0 Å². The number of hydrogen-bond acceptors (Lipinski definition) is 6. The van der Waals surface area contributed by atoms with E-state index in [9.17, 15) is 19.5 Å². The number of carbonyl (C=O) groups is 3. The van der Waals surface area contributed by atoms with Crippen molar-refractivity contribution >= 4 is 28.8 Å². The molecule has 34 heavy (non-hydrogen) atoms. The van der Waals surface area contributed by atoms with E-state index in [1.807, 2.05) is 52.0 Å². The van der Waals surface area contributed by atoms with E-state index in [2.05, 4.69) is 10.6 Å². The molecule has 2 atom stereocenters. The van der Waals surface area contributed by atoms with E-state index in [1.165, 1.54) is 0 Å². The van der Waals surface area contributed by atoms with Crippen LogP contribution in [0.15, 0.2) is 24.3 Å². The highest BCUT2D eigenvalue weighted by Gasteiger charge is 2.40. The first kappa shape index (κ1) is 24.1. The van der Waals surface area contributed by atoms with Crippen LogP contribution in [0.1, 0.15) is 46.7 Å². The van der Waals surface area contributed by atoms with E-state index < -0.39 is 5.60 Å². The van der Waals surface area contributed by atoms with Crippen molar-refractivity contribution in [3.05, 3.63) is 57.6 Å². The van der Waals surface area contributed by atoms with Crippen molar-refractivity contribution in [3.8, 4) is 11.5 Å². The van der Waals surface area contributed by atoms with Crippen LogP contribution in [-0.4, -0.2) is 39.6 Å². The minimum atomic E-state index is -0.964. The van der Waals surface area contributed by atoms with Gasteiger partial charge >= 0.3 is 0 Å². The lowest BCUT2D eigenvalue weighted by molar-refractivity contribution is -0.136. The molecule has 2 aromatic rings. The second-order valence-corrected chi connectivity index (χ2v) is 10.4. The van der Waals surface area contributed by atoms with Gasteiger partial charge in [-0.3, -0.25) is 19.7 Å². The third-order valence-corrected chi connectivity index (χ3v) is 7.89. The molecule has 0 spiro atoms. The second kappa shape index (κ2) is 9.33. The number of thioether (sulfide) groups is 1. The molecule has 2 aromatic carbocycles. The third-order valence-electron chi connectivity index (χ3n) is 6.91. The van der Waals surface area contributed by atoms with Crippen molar-refractivity contribution in [1.82, 2.24) is 10.6 Å². The zero-order valence-corrected chi connectivity index (χ0v) is 20.7. The second-order valence-electron chi connectivity index (χ2n) is 9.27. The Morgan fingerprint density at radius 3 is 2.47 bits per heavy atom. The highest BCUT2D eigenvalue weighted by Crippen LogP contribution is 2.43. The minimum absolute atomic E-state index is 0.147. The number of carbonyl (C=O) groups excluding carboxylic acids is 3. The van der Waals surface area contributed by atoms with E-state index in [4.69, 9.17) is 4.74 Å². The number of nitrogens with one attached hydrogen (secondary N) is 2. The predicted octanol–water partition coefficient (Wildman–Crippen LogP) is 3.65. The van der Waals surface area contributed by atoms with Crippen LogP contribution in [0.5, 0.6) is 11.5 Å². The molecule has 3 amide bonds. The summed E-state index contributed by atoms with van der Waals surface area (Å²) in [6, 6.07) is 7.88. The summed E-state index contributed by atoms with van der Waals surface area (Å²) in [6.45, 7) is 7.96. The average molecular weight is 483 g/mol. The number of phenolic OH excluding ortho intramolecular Hbond substituents is 1. The molecule has 3 N–H and O–H groups in total. The van der Waals surface area contributed by atoms with Crippen LogP contribution in [0.25, 0.3) is 0 Å². The number of phenols is 1. The van der Waals surface area contributed by atoms with Crippen molar-refractivity contribution in [2.45, 2.75) is 64.2 Å². The molecule has 0 aromatic heterocycles. The minimum Gasteiger partial charge on any atom is -0.507 e. The molecule has 7 nitrogen and oxygen atoms in total. The molecule has 4 rings (SSSR count). The Hall–Kier alpha value is -3.00. The smallest absolute Gasteiger partial charge is 0.286 e. The Balaban J connectivity index is 1.33. The van der Waals surface area contributed by atoms with Gasteiger partial charge in [0.1, 0.15) is 11.5 Å². The van der Waals surface area contributed by atoms with Gasteiger partial charge in [0, 0.05) is 18.5 Å². The average Bonchev–Trinajstić information content (AvgIpc) is 3.13. The molecule has 0 bridgehead atoms. The standard InChI is InChI=1S/C26H30N2O5S/c1-14-15(2)22-19(16(3)21(14)29)9-11-26(4,33-22)24(31)27-12-10-17-5-7-18(8-6-17)13-20-23(30)28-25(32)34-20/h5-8,20,29H,9-13H2,1-4H3,(H,27,31)(H,28,30,32). The topological polar surface area (TPSA) is 105 Å². The Kier molecular flexibility index (Phi) is 6.62. The first-order valence-corrected chi connectivity index (χ1v) is 12.3. The van der Waals surface area contributed by atoms with Crippen molar-refractivity contribution in [2.75, 3.05) is 6.54 Å². The lowest BCUT2D eigenvalue weighted by Gasteiger charge is -2.36. The van der Waals surface area contributed by atoms with Gasteiger partial charge in [-0.25, -0.2) is 0 Å². The Morgan fingerprint density at radius 1 is 1.15 bits per heavy atom. The van der Waals surface area contributed by atoms with Crippen molar-refractivity contribution in [1.29, 1.82) is 0 Å². The number of imide groups is 1. The van der Waals surface area contributed by atoms with Gasteiger partial charge in [0.25, 0.3) is 11.1 Å². The molecule has 0 radical (unpaired) electrons. The van der Waals surface area contributed by atoms with Gasteiger partial charge in [0.2, 0.25) is 5.91 Å². The summed E-state index contributed by atoms with van der Waals surface area (Å²) in [5.41, 5.74) is 4.55. The number of aromatic hydroxyl groups is 1. The maximum absolute atomic E-state index is 13.0. The van der Waals surface area contributed by atoms with Crippen LogP contribution in [0, 0.1) is 20.8 Å². The number of hydrogen-bond donors (Lipinski definition) is 3. The van der Waals surface area contributed by atoms with Gasteiger partial charge < -0.3 is 15.2 Å². The van der Waals surface area contributed by atoms with Crippen LogP contribution >= 0.6 is 11.8 Å². The fraction of sp³-hybridized carbons (Fsp3) is 0.423. The molecule has 8 heteroatoms. The lowest BCUT2D eigenvalue weighted by atomic mass is 9.86. The first-order chi connectivity index (χ1) is 16.1. The summed E-state index contributed by atoms with van der Waals surface area (Å²) < 4.78 is 6.24. The number of rotatable bonds is 6. The Bertz CT molecular complexity index is 1160. The zero-order valence-electron chi connectivity index (χ0n) is 19.9. The van der Waals surface area contributed by atoms with Crippen molar-refractivity contribution in [2.24, 2.45) is 0 Å². The van der Waals surface area contributed by atoms with E-state index in [1.54, 1.807) is 0 Å². The van der Waals surface area contributed by atoms with Gasteiger partial charge in [0.15, 0.2) is 5.60 Å². The molecule has 2 heterocycles. The molecule has 0 saturated carbocycles. The summed E-state index contributed by atoms with van der Waals surface area (Å²) in [5, 5.41) is 15.0. The first-order valence-electron chi connectivity index (χ1n) is 11.5. The maximum Gasteiger partial charge on any atom is 0.286 e. The molecule has 180 valence electrons. The summed E-state index contributed by atoms with van der Waals surface area (Å²) >= 11 is 1.03. The normalized spacial score (nSPS) is 21.6. The summed E-state index contributed by atoms with van der Waals surface area (Å²) in [6.07, 6.45) is 2.39. The van der Waals surface area contributed by atoms with Gasteiger partial charge in [0.05, 0.1) is 5.25 Å². The van der Waals surface area contributed by atoms with Crippen molar-refractivity contribution < 1.29 is 24.2 Å². The van der Waals surface area contributed by atoms with E-state index in [0.717, 1.165) is 45.1 Å². The molecule has 0 aliphatic carbocycles. The molecular formula is C26H30N2O5S. The molecule has 2 unspecified atom stereocenters. The largest absolute Gasteiger partial charge is 0.507 e. The number of ether oxygens (including phenoxy) is 1. The molecular weight excluding hydrogens is 452 g/mol. The summed E-state index contributed by atoms with van der Waals surface area (Å²) in [5.74, 6) is 0.632. The van der Waals surface area contributed by atoms with Gasteiger partial charge in [-0.15, -0.1) is 0 Å². The van der Waals surface area contributed by atoms with Crippen LogP contribution in [-0.2, 0) is 28.9 Å². The quantitative estimate of drug-likeness (QED) is 0.581. The van der Waals surface area contributed by atoms with Crippen molar-refractivity contribution in [3.63, 3.8) is 0 Å². The molecule has 2 aliphatic rings. The van der Waals surface area contributed by atoms with Crippen LogP contribution in [0.2, 0.25) is 0 Å². The monoisotopic (exact) mass is 482 g/mol. The maximum atomic E-state index is 13.0. The highest BCUT2D eigenvalue weighted by atomic mass is 32.2. The highest BCUT2D eigenvalue weighted by molar-refractivity contribution is 8.15. The number of benzene rings is 2. The molecule has 1 fully saturated rings. The van der Waals surface area contributed by atoms with Crippen LogP contribution in [0.4, 0.5) is 4.79 Å². The molecule has 2 aliphatic heterocycles. The Labute approximate surface area is 203 Å². The summed E-state index contributed by atoms with van der Waals surface area (Å²) in [4.78, 5) is 36.1. The molecule has 1 saturated heterocycles. The van der Waals surface area contributed by atoms with Gasteiger partial charge in [-0.05, 0) is 74.8 Å². The SMILES string of the molecule is Cc1c(C)c2c(c(C)c1O)CCC(C)(C(=O)NCCc1ccc(CC3SC(=O)NC3=O)cc1)O2. The van der Waals surface area contributed by atoms with E-state index in [-0.39, 0.29) is 22.3 Å². The van der Waals surface area contributed by atoms with Gasteiger partial charge in [-0.1, -0.05) is 36.0 Å². The fourth-order valence-electron chi connectivity index (χ4n) is 4.50.